The van der Waals surface area contributed by atoms with Crippen molar-refractivity contribution in [3.63, 3.8) is 0 Å². The zero-order chi connectivity index (χ0) is 18.6. The van der Waals surface area contributed by atoms with Crippen LogP contribution in [0.1, 0.15) is 25.7 Å². The highest BCUT2D eigenvalue weighted by atomic mass is 16.5. The summed E-state index contributed by atoms with van der Waals surface area (Å²) in [6.45, 7) is 4.52. The van der Waals surface area contributed by atoms with E-state index in [2.05, 4.69) is 19.9 Å². The van der Waals surface area contributed by atoms with E-state index in [9.17, 15) is 0 Å². The van der Waals surface area contributed by atoms with Crippen LogP contribution in [-0.4, -0.2) is 41.8 Å². The van der Waals surface area contributed by atoms with Crippen LogP contribution in [0.3, 0.4) is 0 Å². The summed E-state index contributed by atoms with van der Waals surface area (Å²) < 4.78 is 16.9. The molecule has 1 saturated heterocycles. The Labute approximate surface area is 158 Å². The molecule has 1 aromatic carbocycles. The van der Waals surface area contributed by atoms with Gasteiger partial charge in [0.05, 0.1) is 13.7 Å². The van der Waals surface area contributed by atoms with Crippen LogP contribution in [0.25, 0.3) is 11.2 Å². The summed E-state index contributed by atoms with van der Waals surface area (Å²) >= 11 is 0. The van der Waals surface area contributed by atoms with Crippen LogP contribution < -0.4 is 14.4 Å². The number of aromatic nitrogens is 3. The average molecular weight is 368 g/mol. The van der Waals surface area contributed by atoms with Gasteiger partial charge < -0.3 is 18.8 Å². The van der Waals surface area contributed by atoms with Gasteiger partial charge in [0.2, 0.25) is 0 Å². The van der Waals surface area contributed by atoms with E-state index < -0.39 is 0 Å². The van der Waals surface area contributed by atoms with E-state index in [4.69, 9.17) is 13.9 Å². The van der Waals surface area contributed by atoms with Crippen LogP contribution in [0.4, 0.5) is 5.82 Å². The predicted molar refractivity (Wildman–Crippen MR) is 102 cm³/mol. The van der Waals surface area contributed by atoms with Crippen LogP contribution >= 0.6 is 0 Å². The van der Waals surface area contributed by atoms with E-state index in [-0.39, 0.29) is 0 Å². The molecule has 7 heteroatoms. The normalized spacial score (nSPS) is 17.3. The molecule has 0 spiro atoms. The summed E-state index contributed by atoms with van der Waals surface area (Å²) in [6.07, 6.45) is 4.52. The molecule has 3 heterocycles. The van der Waals surface area contributed by atoms with Crippen LogP contribution in [0.2, 0.25) is 0 Å². The molecule has 1 aliphatic heterocycles. The number of rotatable bonds is 6. The monoisotopic (exact) mass is 368 g/mol. The van der Waals surface area contributed by atoms with Crippen LogP contribution in [-0.2, 0) is 6.42 Å². The maximum absolute atomic E-state index is 6.01. The maximum Gasteiger partial charge on any atom is 0.252 e. The molecule has 142 valence electrons. The smallest absolute Gasteiger partial charge is 0.252 e. The van der Waals surface area contributed by atoms with Crippen molar-refractivity contribution in [2.24, 2.45) is 5.92 Å². The summed E-state index contributed by atoms with van der Waals surface area (Å²) in [5, 5.41) is 0. The van der Waals surface area contributed by atoms with Crippen molar-refractivity contribution in [1.29, 1.82) is 0 Å². The van der Waals surface area contributed by atoms with Crippen molar-refractivity contribution >= 4 is 17.0 Å². The highest BCUT2D eigenvalue weighted by Crippen LogP contribution is 2.28. The van der Waals surface area contributed by atoms with Gasteiger partial charge in [-0.3, -0.25) is 0 Å². The van der Waals surface area contributed by atoms with E-state index in [0.717, 1.165) is 55.2 Å². The van der Waals surface area contributed by atoms with Crippen molar-refractivity contribution in [1.82, 2.24) is 15.0 Å². The number of anilines is 1. The molecule has 0 N–H and O–H groups in total. The fourth-order valence-corrected chi connectivity index (χ4v) is 3.47. The van der Waals surface area contributed by atoms with Crippen molar-refractivity contribution in [2.45, 2.75) is 26.2 Å². The first-order chi connectivity index (χ1) is 13.3. The molecule has 1 fully saturated rings. The number of aryl methyl sites for hydroxylation is 1. The molecule has 27 heavy (non-hydrogen) atoms. The molecule has 7 nitrogen and oxygen atoms in total. The Morgan fingerprint density at radius 2 is 2.15 bits per heavy atom. The standard InChI is InChI=1S/C20H24N4O3/c1-3-17-23-18-19(21-13-22-20(18)27-17)24-9-5-6-14(11-24)12-26-16-8-4-7-15(10-16)25-2/h4,7-8,10,13-14H,3,5-6,9,11-12H2,1-2H3/t14-/m0/s1. The molecule has 3 aromatic rings. The number of methoxy groups -OCH3 is 1. The van der Waals surface area contributed by atoms with E-state index in [1.54, 1.807) is 13.4 Å². The maximum atomic E-state index is 6.01. The number of piperidine rings is 1. The zero-order valence-electron chi connectivity index (χ0n) is 15.7. The molecular formula is C20H24N4O3. The molecule has 1 aliphatic rings. The predicted octanol–water partition coefficient (Wildman–Crippen LogP) is 3.48. The van der Waals surface area contributed by atoms with Gasteiger partial charge in [0.25, 0.3) is 5.71 Å². The molecule has 0 aliphatic carbocycles. The quantitative estimate of drug-likeness (QED) is 0.659. The second-order valence-electron chi connectivity index (χ2n) is 6.76. The Kier molecular flexibility index (Phi) is 5.09. The number of nitrogens with zero attached hydrogens (tertiary/aromatic N) is 4. The number of hydrogen-bond acceptors (Lipinski definition) is 7. The molecule has 0 bridgehead atoms. The van der Waals surface area contributed by atoms with E-state index >= 15 is 0 Å². The first kappa shape index (κ1) is 17.6. The number of oxazole rings is 1. The average Bonchev–Trinajstić information content (AvgIpc) is 3.16. The molecule has 0 unspecified atom stereocenters. The number of ether oxygens (including phenoxy) is 2. The van der Waals surface area contributed by atoms with Crippen LogP contribution in [0.5, 0.6) is 11.5 Å². The van der Waals surface area contributed by atoms with Gasteiger partial charge in [-0.2, -0.15) is 4.98 Å². The van der Waals surface area contributed by atoms with Gasteiger partial charge >= 0.3 is 0 Å². The van der Waals surface area contributed by atoms with Gasteiger partial charge in [0.1, 0.15) is 17.8 Å². The van der Waals surface area contributed by atoms with Gasteiger partial charge in [-0.15, -0.1) is 0 Å². The van der Waals surface area contributed by atoms with Gasteiger partial charge in [-0.25, -0.2) is 9.97 Å². The lowest BCUT2D eigenvalue weighted by atomic mass is 9.99. The van der Waals surface area contributed by atoms with E-state index in [1.807, 2.05) is 31.2 Å². The lowest BCUT2D eigenvalue weighted by molar-refractivity contribution is 0.228. The lowest BCUT2D eigenvalue weighted by Crippen LogP contribution is -2.38. The molecule has 0 amide bonds. The summed E-state index contributed by atoms with van der Waals surface area (Å²) in [6, 6.07) is 7.72. The molecule has 1 atom stereocenters. The number of benzene rings is 1. The van der Waals surface area contributed by atoms with Gasteiger partial charge in [-0.1, -0.05) is 13.0 Å². The van der Waals surface area contributed by atoms with Gasteiger partial charge in [0.15, 0.2) is 17.2 Å². The van der Waals surface area contributed by atoms with E-state index in [1.165, 1.54) is 0 Å². The number of hydrogen-bond donors (Lipinski definition) is 0. The Hall–Kier alpha value is -2.83. The Balaban J connectivity index is 1.46. The third kappa shape index (κ3) is 3.82. The largest absolute Gasteiger partial charge is 0.497 e. The summed E-state index contributed by atoms with van der Waals surface area (Å²) in [5.41, 5.74) is 1.32. The third-order valence-electron chi connectivity index (χ3n) is 4.87. The second kappa shape index (κ2) is 7.82. The zero-order valence-corrected chi connectivity index (χ0v) is 15.7. The molecular weight excluding hydrogens is 344 g/mol. The minimum atomic E-state index is 0.424. The Morgan fingerprint density at radius 3 is 3.00 bits per heavy atom. The summed E-state index contributed by atoms with van der Waals surface area (Å²) in [7, 11) is 1.66. The topological polar surface area (TPSA) is 73.5 Å². The summed E-state index contributed by atoms with van der Waals surface area (Å²) in [4.78, 5) is 15.5. The third-order valence-corrected chi connectivity index (χ3v) is 4.87. The summed E-state index contributed by atoms with van der Waals surface area (Å²) in [5.74, 6) is 3.61. The molecule has 2 aromatic heterocycles. The van der Waals surface area contributed by atoms with Crippen molar-refractivity contribution in [2.75, 3.05) is 31.7 Å². The molecule has 0 radical (unpaired) electrons. The second-order valence-corrected chi connectivity index (χ2v) is 6.76. The molecule has 4 rings (SSSR count). The first-order valence-electron chi connectivity index (χ1n) is 9.39. The van der Waals surface area contributed by atoms with E-state index in [0.29, 0.717) is 24.1 Å². The van der Waals surface area contributed by atoms with Crippen molar-refractivity contribution in [3.8, 4) is 11.5 Å². The fraction of sp³-hybridized carbons (Fsp3) is 0.450. The Morgan fingerprint density at radius 1 is 1.26 bits per heavy atom. The highest BCUT2D eigenvalue weighted by Gasteiger charge is 2.24. The van der Waals surface area contributed by atoms with Crippen molar-refractivity contribution < 1.29 is 13.9 Å². The SMILES string of the molecule is CCc1nc2c(N3CCC[C@H](COc4cccc(OC)c4)C3)ncnc2o1. The fourth-order valence-electron chi connectivity index (χ4n) is 3.47. The minimum Gasteiger partial charge on any atom is -0.497 e. The highest BCUT2D eigenvalue weighted by molar-refractivity contribution is 5.81. The van der Waals surface area contributed by atoms with Gasteiger partial charge in [-0.05, 0) is 25.0 Å². The van der Waals surface area contributed by atoms with Crippen LogP contribution in [0.15, 0.2) is 35.0 Å². The number of fused-ring (bicyclic) bond motifs is 1. The lowest BCUT2D eigenvalue weighted by Gasteiger charge is -2.33. The van der Waals surface area contributed by atoms with Gasteiger partial charge in [0, 0.05) is 31.5 Å². The van der Waals surface area contributed by atoms with Crippen molar-refractivity contribution in [3.05, 3.63) is 36.5 Å². The van der Waals surface area contributed by atoms with Crippen LogP contribution in [0, 0.1) is 5.92 Å². The molecule has 0 saturated carbocycles. The minimum absolute atomic E-state index is 0.424. The first-order valence-corrected chi connectivity index (χ1v) is 9.39. The Bertz CT molecular complexity index is 911.